The van der Waals surface area contributed by atoms with Crippen LogP contribution in [0.4, 0.5) is 0 Å². The second kappa shape index (κ2) is 10.7. The van der Waals surface area contributed by atoms with E-state index in [0.29, 0.717) is 18.2 Å². The molecular weight excluding hydrogens is 314 g/mol. The topological polar surface area (TPSA) is 72.7 Å². The zero-order valence-electron chi connectivity index (χ0n) is 15.3. The number of piperidine rings is 1. The van der Waals surface area contributed by atoms with Crippen LogP contribution in [-0.2, 0) is 11.3 Å². The van der Waals surface area contributed by atoms with E-state index in [0.717, 1.165) is 57.2 Å². The number of aliphatic imine (C=N–C) groups is 1. The van der Waals surface area contributed by atoms with Gasteiger partial charge < -0.3 is 20.3 Å². The SMILES string of the molecule is CCNC(=NCc1ccc(C#N)cc1)NC1CCN(CCOC)CC1. The Morgan fingerprint density at radius 1 is 1.32 bits per heavy atom. The summed E-state index contributed by atoms with van der Waals surface area (Å²) in [5, 5.41) is 15.7. The Bertz CT molecular complexity index is 570. The van der Waals surface area contributed by atoms with Crippen LogP contribution in [0.2, 0.25) is 0 Å². The average Bonchev–Trinajstić information content (AvgIpc) is 2.66. The molecule has 2 N–H and O–H groups in total. The molecule has 0 amide bonds. The van der Waals surface area contributed by atoms with E-state index in [1.165, 1.54) is 0 Å². The maximum absolute atomic E-state index is 8.86. The molecule has 6 nitrogen and oxygen atoms in total. The number of nitrogens with one attached hydrogen (secondary N) is 2. The van der Waals surface area contributed by atoms with Crippen LogP contribution in [0, 0.1) is 11.3 Å². The first-order valence-corrected chi connectivity index (χ1v) is 9.00. The largest absolute Gasteiger partial charge is 0.383 e. The maximum Gasteiger partial charge on any atom is 0.191 e. The minimum atomic E-state index is 0.456. The van der Waals surface area contributed by atoms with Crippen molar-refractivity contribution in [3.05, 3.63) is 35.4 Å². The molecular formula is C19H29N5O. The average molecular weight is 343 g/mol. The van der Waals surface area contributed by atoms with Crippen LogP contribution < -0.4 is 10.6 Å². The summed E-state index contributed by atoms with van der Waals surface area (Å²) >= 11 is 0. The number of nitrogens with zero attached hydrogens (tertiary/aromatic N) is 3. The third kappa shape index (κ3) is 6.73. The smallest absolute Gasteiger partial charge is 0.191 e. The highest BCUT2D eigenvalue weighted by Gasteiger charge is 2.19. The molecule has 0 spiro atoms. The van der Waals surface area contributed by atoms with Gasteiger partial charge in [0.15, 0.2) is 5.96 Å². The molecule has 25 heavy (non-hydrogen) atoms. The van der Waals surface area contributed by atoms with Gasteiger partial charge in [0, 0.05) is 39.3 Å². The van der Waals surface area contributed by atoms with Gasteiger partial charge in [0.05, 0.1) is 24.8 Å². The number of methoxy groups -OCH3 is 1. The normalized spacial score (nSPS) is 16.4. The number of nitriles is 1. The first-order chi connectivity index (χ1) is 12.2. The molecule has 0 unspecified atom stereocenters. The first kappa shape index (κ1) is 19.2. The third-order valence-corrected chi connectivity index (χ3v) is 4.39. The van der Waals surface area contributed by atoms with Crippen LogP contribution >= 0.6 is 0 Å². The number of guanidine groups is 1. The van der Waals surface area contributed by atoms with Gasteiger partial charge in [-0.2, -0.15) is 5.26 Å². The van der Waals surface area contributed by atoms with Gasteiger partial charge in [-0.1, -0.05) is 12.1 Å². The van der Waals surface area contributed by atoms with Crippen LogP contribution in [0.15, 0.2) is 29.3 Å². The quantitative estimate of drug-likeness (QED) is 0.583. The van der Waals surface area contributed by atoms with Crippen molar-refractivity contribution in [1.29, 1.82) is 5.26 Å². The number of hydrogen-bond donors (Lipinski definition) is 2. The lowest BCUT2D eigenvalue weighted by Crippen LogP contribution is -2.49. The minimum Gasteiger partial charge on any atom is -0.383 e. The Labute approximate surface area is 150 Å². The zero-order chi connectivity index (χ0) is 17.9. The van der Waals surface area contributed by atoms with Crippen molar-refractivity contribution in [1.82, 2.24) is 15.5 Å². The lowest BCUT2D eigenvalue weighted by atomic mass is 10.1. The predicted octanol–water partition coefficient (Wildman–Crippen LogP) is 1.72. The van der Waals surface area contributed by atoms with Crippen LogP contribution in [-0.4, -0.2) is 56.8 Å². The second-order valence-corrected chi connectivity index (χ2v) is 6.26. The summed E-state index contributed by atoms with van der Waals surface area (Å²) in [4.78, 5) is 7.13. The highest BCUT2D eigenvalue weighted by molar-refractivity contribution is 5.80. The van der Waals surface area contributed by atoms with Crippen molar-refractivity contribution in [3.63, 3.8) is 0 Å². The molecule has 1 fully saturated rings. The van der Waals surface area contributed by atoms with Crippen molar-refractivity contribution in [3.8, 4) is 6.07 Å². The molecule has 0 radical (unpaired) electrons. The van der Waals surface area contributed by atoms with Gasteiger partial charge in [-0.05, 0) is 37.5 Å². The Morgan fingerprint density at radius 2 is 2.04 bits per heavy atom. The van der Waals surface area contributed by atoms with E-state index in [4.69, 9.17) is 10.00 Å². The van der Waals surface area contributed by atoms with Crippen LogP contribution in [0.1, 0.15) is 30.9 Å². The molecule has 1 heterocycles. The molecule has 0 bridgehead atoms. The summed E-state index contributed by atoms with van der Waals surface area (Å²) in [7, 11) is 1.75. The standard InChI is InChI=1S/C19H29N5O/c1-3-21-19(22-15-17-6-4-16(14-20)5-7-17)23-18-8-10-24(11-9-18)12-13-25-2/h4-7,18H,3,8-13,15H2,1-2H3,(H2,21,22,23). The Morgan fingerprint density at radius 3 is 2.64 bits per heavy atom. The van der Waals surface area contributed by atoms with E-state index in [-0.39, 0.29) is 0 Å². The van der Waals surface area contributed by atoms with Gasteiger partial charge >= 0.3 is 0 Å². The van der Waals surface area contributed by atoms with Crippen molar-refractivity contribution >= 4 is 5.96 Å². The molecule has 1 aliphatic heterocycles. The van der Waals surface area contributed by atoms with Crippen molar-refractivity contribution in [2.45, 2.75) is 32.4 Å². The van der Waals surface area contributed by atoms with Crippen molar-refractivity contribution in [2.75, 3.05) is 39.9 Å². The molecule has 136 valence electrons. The molecule has 0 aliphatic carbocycles. The lowest BCUT2D eigenvalue weighted by Gasteiger charge is -2.32. The van der Waals surface area contributed by atoms with Gasteiger partial charge in [-0.3, -0.25) is 0 Å². The van der Waals surface area contributed by atoms with Crippen LogP contribution in [0.5, 0.6) is 0 Å². The van der Waals surface area contributed by atoms with E-state index < -0.39 is 0 Å². The lowest BCUT2D eigenvalue weighted by molar-refractivity contribution is 0.128. The third-order valence-electron chi connectivity index (χ3n) is 4.39. The van der Waals surface area contributed by atoms with E-state index in [1.54, 1.807) is 7.11 Å². The molecule has 1 saturated heterocycles. The fourth-order valence-corrected chi connectivity index (χ4v) is 2.89. The fraction of sp³-hybridized carbons (Fsp3) is 0.579. The summed E-state index contributed by atoms with van der Waals surface area (Å²) < 4.78 is 5.15. The Hall–Kier alpha value is -2.10. The van der Waals surface area contributed by atoms with Gasteiger partial charge in [0.25, 0.3) is 0 Å². The highest BCUT2D eigenvalue weighted by Crippen LogP contribution is 2.10. The number of likely N-dealkylation sites (tertiary alicyclic amines) is 1. The first-order valence-electron chi connectivity index (χ1n) is 9.00. The fourth-order valence-electron chi connectivity index (χ4n) is 2.89. The summed E-state index contributed by atoms with van der Waals surface area (Å²) in [6.07, 6.45) is 2.23. The van der Waals surface area contributed by atoms with E-state index >= 15 is 0 Å². The van der Waals surface area contributed by atoms with Crippen LogP contribution in [0.25, 0.3) is 0 Å². The highest BCUT2D eigenvalue weighted by atomic mass is 16.5. The van der Waals surface area contributed by atoms with E-state index in [9.17, 15) is 0 Å². The van der Waals surface area contributed by atoms with Gasteiger partial charge in [-0.15, -0.1) is 0 Å². The molecule has 0 atom stereocenters. The summed E-state index contributed by atoms with van der Waals surface area (Å²) in [6.45, 7) is 7.51. The second-order valence-electron chi connectivity index (χ2n) is 6.26. The summed E-state index contributed by atoms with van der Waals surface area (Å²) in [6, 6.07) is 10.2. The number of benzene rings is 1. The van der Waals surface area contributed by atoms with Crippen LogP contribution in [0.3, 0.4) is 0 Å². The number of rotatable bonds is 7. The molecule has 0 aromatic heterocycles. The number of hydrogen-bond acceptors (Lipinski definition) is 4. The Balaban J connectivity index is 1.84. The molecule has 1 aromatic rings. The van der Waals surface area contributed by atoms with Gasteiger partial charge in [0.1, 0.15) is 0 Å². The molecule has 1 aliphatic rings. The molecule has 1 aromatic carbocycles. The zero-order valence-corrected chi connectivity index (χ0v) is 15.3. The van der Waals surface area contributed by atoms with Crippen molar-refractivity contribution in [2.24, 2.45) is 4.99 Å². The van der Waals surface area contributed by atoms with Gasteiger partial charge in [-0.25, -0.2) is 4.99 Å². The molecule has 2 rings (SSSR count). The van der Waals surface area contributed by atoms with Crippen molar-refractivity contribution < 1.29 is 4.74 Å². The predicted molar refractivity (Wildman–Crippen MR) is 100 cm³/mol. The maximum atomic E-state index is 8.86. The Kier molecular flexibility index (Phi) is 8.23. The number of ether oxygens (including phenoxy) is 1. The van der Waals surface area contributed by atoms with E-state index in [1.807, 2.05) is 24.3 Å². The molecule has 0 saturated carbocycles. The molecule has 6 heteroatoms. The minimum absolute atomic E-state index is 0.456. The summed E-state index contributed by atoms with van der Waals surface area (Å²) in [5.41, 5.74) is 1.78. The summed E-state index contributed by atoms with van der Waals surface area (Å²) in [5.74, 6) is 0.863. The van der Waals surface area contributed by atoms with Gasteiger partial charge in [0.2, 0.25) is 0 Å². The van der Waals surface area contributed by atoms with E-state index in [2.05, 4.69) is 33.5 Å². The monoisotopic (exact) mass is 343 g/mol.